The summed E-state index contributed by atoms with van der Waals surface area (Å²) in [6.45, 7) is 3.41. The molecule has 0 aliphatic heterocycles. The summed E-state index contributed by atoms with van der Waals surface area (Å²) in [5.74, 6) is -1.83. The normalized spacial score (nSPS) is 9.95. The second-order valence-corrected chi connectivity index (χ2v) is 5.10. The standard InChI is InChI=1S/C12H14Cl2N4O3/c1-6(2)15-10(19)11(20)17-18-12(21)16-7-3-4-8(13)9(14)5-7/h3-6H,1-2H3,(H,15,19)(H,17,20)(H2,16,18,21). The topological polar surface area (TPSA) is 99.3 Å². The highest BCUT2D eigenvalue weighted by Crippen LogP contribution is 2.24. The molecule has 1 aromatic rings. The van der Waals surface area contributed by atoms with E-state index in [2.05, 4.69) is 10.6 Å². The Balaban J connectivity index is 2.45. The van der Waals surface area contributed by atoms with E-state index in [1.807, 2.05) is 10.9 Å². The third kappa shape index (κ3) is 5.88. The van der Waals surface area contributed by atoms with Gasteiger partial charge in [0.2, 0.25) is 0 Å². The van der Waals surface area contributed by atoms with Crippen LogP contribution >= 0.6 is 23.2 Å². The molecular formula is C12H14Cl2N4O3. The molecule has 0 saturated carbocycles. The number of benzene rings is 1. The first kappa shape index (κ1) is 17.1. The second kappa shape index (κ2) is 7.70. The van der Waals surface area contributed by atoms with Gasteiger partial charge in [-0.15, -0.1) is 0 Å². The molecule has 0 spiro atoms. The summed E-state index contributed by atoms with van der Waals surface area (Å²) in [5.41, 5.74) is 4.37. The maximum atomic E-state index is 11.5. The number of rotatable bonds is 2. The zero-order valence-electron chi connectivity index (χ0n) is 11.3. The number of nitrogens with one attached hydrogen (secondary N) is 4. The van der Waals surface area contributed by atoms with Crippen LogP contribution < -0.4 is 21.5 Å². The predicted molar refractivity (Wildman–Crippen MR) is 80.0 cm³/mol. The zero-order valence-corrected chi connectivity index (χ0v) is 12.8. The van der Waals surface area contributed by atoms with Gasteiger partial charge in [-0.3, -0.25) is 15.0 Å². The maximum absolute atomic E-state index is 11.5. The van der Waals surface area contributed by atoms with Crippen LogP contribution in [0.3, 0.4) is 0 Å². The van der Waals surface area contributed by atoms with Crippen LogP contribution in [0.4, 0.5) is 10.5 Å². The number of amides is 4. The molecule has 7 nitrogen and oxygen atoms in total. The van der Waals surface area contributed by atoms with E-state index >= 15 is 0 Å². The van der Waals surface area contributed by atoms with Crippen molar-refractivity contribution in [3.63, 3.8) is 0 Å². The van der Waals surface area contributed by atoms with E-state index in [1.54, 1.807) is 13.8 Å². The average Bonchev–Trinajstić information content (AvgIpc) is 2.39. The molecular weight excluding hydrogens is 319 g/mol. The molecule has 0 unspecified atom stereocenters. The average molecular weight is 333 g/mol. The summed E-state index contributed by atoms with van der Waals surface area (Å²) in [7, 11) is 0. The van der Waals surface area contributed by atoms with Gasteiger partial charge in [-0.25, -0.2) is 10.2 Å². The fourth-order valence-corrected chi connectivity index (χ4v) is 1.53. The van der Waals surface area contributed by atoms with Gasteiger partial charge in [-0.1, -0.05) is 23.2 Å². The van der Waals surface area contributed by atoms with Crippen molar-refractivity contribution in [2.45, 2.75) is 19.9 Å². The van der Waals surface area contributed by atoms with Crippen LogP contribution in [-0.4, -0.2) is 23.9 Å². The Morgan fingerprint density at radius 3 is 2.24 bits per heavy atom. The van der Waals surface area contributed by atoms with Crippen molar-refractivity contribution < 1.29 is 14.4 Å². The van der Waals surface area contributed by atoms with Crippen LogP contribution in [0.1, 0.15) is 13.8 Å². The Morgan fingerprint density at radius 2 is 1.67 bits per heavy atom. The molecule has 0 atom stereocenters. The van der Waals surface area contributed by atoms with E-state index in [1.165, 1.54) is 18.2 Å². The van der Waals surface area contributed by atoms with E-state index in [9.17, 15) is 14.4 Å². The number of hydrazine groups is 1. The largest absolute Gasteiger partial charge is 0.346 e. The third-order valence-corrected chi connectivity index (χ3v) is 2.83. The molecule has 1 rings (SSSR count). The van der Waals surface area contributed by atoms with Gasteiger partial charge in [-0.2, -0.15) is 0 Å². The van der Waals surface area contributed by atoms with E-state index < -0.39 is 17.8 Å². The zero-order chi connectivity index (χ0) is 16.0. The highest BCUT2D eigenvalue weighted by molar-refractivity contribution is 6.42. The lowest BCUT2D eigenvalue weighted by molar-refractivity contribution is -0.139. The van der Waals surface area contributed by atoms with E-state index in [-0.39, 0.29) is 11.1 Å². The van der Waals surface area contributed by atoms with Crippen LogP contribution in [0.5, 0.6) is 0 Å². The van der Waals surface area contributed by atoms with Crippen LogP contribution in [-0.2, 0) is 9.59 Å². The number of urea groups is 1. The van der Waals surface area contributed by atoms with Gasteiger partial charge in [0.25, 0.3) is 0 Å². The Bertz CT molecular complexity index is 563. The van der Waals surface area contributed by atoms with Crippen molar-refractivity contribution in [3.8, 4) is 0 Å². The first-order chi connectivity index (χ1) is 9.79. The summed E-state index contributed by atoms with van der Waals surface area (Å²) in [4.78, 5) is 34.1. The van der Waals surface area contributed by atoms with Gasteiger partial charge in [0.15, 0.2) is 0 Å². The highest BCUT2D eigenvalue weighted by Gasteiger charge is 2.14. The molecule has 0 aromatic heterocycles. The molecule has 4 amide bonds. The highest BCUT2D eigenvalue weighted by atomic mass is 35.5. The van der Waals surface area contributed by atoms with Gasteiger partial charge in [0.05, 0.1) is 10.0 Å². The van der Waals surface area contributed by atoms with Gasteiger partial charge in [-0.05, 0) is 32.0 Å². The Hall–Kier alpha value is -1.99. The minimum Gasteiger partial charge on any atom is -0.346 e. The van der Waals surface area contributed by atoms with Crippen LogP contribution in [0.25, 0.3) is 0 Å². The first-order valence-electron chi connectivity index (χ1n) is 5.92. The number of anilines is 1. The van der Waals surface area contributed by atoms with Crippen molar-refractivity contribution in [2.24, 2.45) is 0 Å². The lowest BCUT2D eigenvalue weighted by atomic mass is 10.3. The minimum atomic E-state index is -0.979. The molecule has 1 aromatic carbocycles. The van der Waals surface area contributed by atoms with Crippen molar-refractivity contribution in [2.75, 3.05) is 5.32 Å². The predicted octanol–water partition coefficient (Wildman–Crippen LogP) is 1.67. The summed E-state index contributed by atoms with van der Waals surface area (Å²) in [5, 5.41) is 5.40. The molecule has 21 heavy (non-hydrogen) atoms. The SMILES string of the molecule is CC(C)NC(=O)C(=O)NNC(=O)Nc1ccc(Cl)c(Cl)c1. The van der Waals surface area contributed by atoms with E-state index in [0.717, 1.165) is 0 Å². The number of carbonyl (C=O) groups is 3. The van der Waals surface area contributed by atoms with Crippen molar-refractivity contribution in [3.05, 3.63) is 28.2 Å². The van der Waals surface area contributed by atoms with Gasteiger partial charge in [0, 0.05) is 11.7 Å². The lowest BCUT2D eigenvalue weighted by Gasteiger charge is -2.10. The molecule has 0 saturated heterocycles. The molecule has 0 aliphatic rings. The Labute approximate surface area is 131 Å². The maximum Gasteiger partial charge on any atom is 0.337 e. The number of hydrogen-bond acceptors (Lipinski definition) is 3. The Kier molecular flexibility index (Phi) is 6.26. The first-order valence-corrected chi connectivity index (χ1v) is 6.68. The van der Waals surface area contributed by atoms with Gasteiger partial charge >= 0.3 is 17.8 Å². The van der Waals surface area contributed by atoms with Gasteiger partial charge in [0.1, 0.15) is 0 Å². The molecule has 0 fully saturated rings. The van der Waals surface area contributed by atoms with E-state index in [0.29, 0.717) is 10.7 Å². The molecule has 114 valence electrons. The van der Waals surface area contributed by atoms with Gasteiger partial charge < -0.3 is 10.6 Å². The summed E-state index contributed by atoms with van der Waals surface area (Å²) >= 11 is 11.5. The fourth-order valence-electron chi connectivity index (χ4n) is 1.23. The molecule has 4 N–H and O–H groups in total. The van der Waals surface area contributed by atoms with Crippen molar-refractivity contribution in [1.82, 2.24) is 16.2 Å². The minimum absolute atomic E-state index is 0.187. The summed E-state index contributed by atoms with van der Waals surface area (Å²) in [6.07, 6.45) is 0. The van der Waals surface area contributed by atoms with Crippen LogP contribution in [0.2, 0.25) is 10.0 Å². The van der Waals surface area contributed by atoms with Crippen LogP contribution in [0, 0.1) is 0 Å². The number of hydrogen-bond donors (Lipinski definition) is 4. The molecule has 9 heteroatoms. The molecule has 0 aliphatic carbocycles. The molecule has 0 radical (unpaired) electrons. The summed E-state index contributed by atoms with van der Waals surface area (Å²) < 4.78 is 0. The smallest absolute Gasteiger partial charge is 0.337 e. The fraction of sp³-hybridized carbons (Fsp3) is 0.250. The lowest BCUT2D eigenvalue weighted by Crippen LogP contribution is -2.50. The van der Waals surface area contributed by atoms with Crippen LogP contribution in [0.15, 0.2) is 18.2 Å². The monoisotopic (exact) mass is 332 g/mol. The Morgan fingerprint density at radius 1 is 1.00 bits per heavy atom. The number of halogens is 2. The quantitative estimate of drug-likeness (QED) is 0.489. The van der Waals surface area contributed by atoms with E-state index in [4.69, 9.17) is 23.2 Å². The van der Waals surface area contributed by atoms with Crippen molar-refractivity contribution >= 4 is 46.7 Å². The number of carbonyl (C=O) groups excluding carboxylic acids is 3. The molecule has 0 heterocycles. The second-order valence-electron chi connectivity index (χ2n) is 4.29. The van der Waals surface area contributed by atoms with Crippen molar-refractivity contribution in [1.29, 1.82) is 0 Å². The molecule has 0 bridgehead atoms. The summed E-state index contributed by atoms with van der Waals surface area (Å²) in [6, 6.07) is 3.55. The third-order valence-electron chi connectivity index (χ3n) is 2.09.